The summed E-state index contributed by atoms with van der Waals surface area (Å²) in [5, 5.41) is 0. The van der Waals surface area contributed by atoms with Gasteiger partial charge in [0.25, 0.3) is 0 Å². The maximum Gasteiger partial charge on any atom is 0.122 e. The Morgan fingerprint density at radius 3 is 2.40 bits per heavy atom. The molecule has 0 bridgehead atoms. The van der Waals surface area contributed by atoms with Crippen LogP contribution in [0.25, 0.3) is 0 Å². The first-order valence-corrected chi connectivity index (χ1v) is 6.96. The van der Waals surface area contributed by atoms with Crippen molar-refractivity contribution in [2.75, 3.05) is 27.4 Å². The number of ether oxygens (including phenoxy) is 3. The predicted molar refractivity (Wildman–Crippen MR) is 77.7 cm³/mol. The summed E-state index contributed by atoms with van der Waals surface area (Å²) in [5.74, 6) is 8.26. The summed E-state index contributed by atoms with van der Waals surface area (Å²) in [6.07, 6.45) is 0.996. The van der Waals surface area contributed by atoms with Crippen molar-refractivity contribution in [2.45, 2.75) is 19.4 Å². The lowest BCUT2D eigenvalue weighted by molar-refractivity contribution is 0.0105. The minimum atomic E-state index is 0.0675. The lowest BCUT2D eigenvalue weighted by atomic mass is 9.81. The SMILES string of the molecule is COc1cc(OC)cc(C(NN)C2CCOCC2C)c1. The van der Waals surface area contributed by atoms with E-state index in [1.807, 2.05) is 18.2 Å². The maximum atomic E-state index is 5.81. The summed E-state index contributed by atoms with van der Waals surface area (Å²) in [4.78, 5) is 0. The van der Waals surface area contributed by atoms with Crippen molar-refractivity contribution < 1.29 is 14.2 Å². The second-order valence-electron chi connectivity index (χ2n) is 5.30. The Kier molecular flexibility index (Phi) is 5.23. The van der Waals surface area contributed by atoms with E-state index < -0.39 is 0 Å². The van der Waals surface area contributed by atoms with Crippen molar-refractivity contribution >= 4 is 0 Å². The molecule has 2 rings (SSSR count). The van der Waals surface area contributed by atoms with Gasteiger partial charge in [-0.3, -0.25) is 11.3 Å². The molecule has 1 aliphatic heterocycles. The van der Waals surface area contributed by atoms with Gasteiger partial charge in [0.1, 0.15) is 11.5 Å². The van der Waals surface area contributed by atoms with Crippen LogP contribution in [0, 0.1) is 11.8 Å². The van der Waals surface area contributed by atoms with E-state index in [9.17, 15) is 0 Å². The van der Waals surface area contributed by atoms with Gasteiger partial charge in [-0.2, -0.15) is 0 Å². The van der Waals surface area contributed by atoms with Crippen molar-refractivity contribution in [3.05, 3.63) is 23.8 Å². The molecular formula is C15H24N2O3. The van der Waals surface area contributed by atoms with Gasteiger partial charge < -0.3 is 14.2 Å². The number of rotatable bonds is 5. The molecule has 112 valence electrons. The minimum absolute atomic E-state index is 0.0675. The fourth-order valence-corrected chi connectivity index (χ4v) is 2.87. The Morgan fingerprint density at radius 2 is 1.90 bits per heavy atom. The van der Waals surface area contributed by atoms with Crippen molar-refractivity contribution in [3.8, 4) is 11.5 Å². The second kappa shape index (κ2) is 6.92. The Morgan fingerprint density at radius 1 is 1.25 bits per heavy atom. The third kappa shape index (κ3) is 3.23. The highest BCUT2D eigenvalue weighted by Crippen LogP contribution is 2.36. The molecule has 0 aliphatic carbocycles. The number of benzene rings is 1. The standard InChI is InChI=1S/C15H24N2O3/c1-10-9-20-5-4-14(10)15(17-16)11-6-12(18-2)8-13(7-11)19-3/h6-8,10,14-15,17H,4-5,9,16H2,1-3H3. The van der Waals surface area contributed by atoms with E-state index in [0.717, 1.165) is 36.7 Å². The number of hydrogen-bond acceptors (Lipinski definition) is 5. The van der Waals surface area contributed by atoms with Crippen LogP contribution >= 0.6 is 0 Å². The van der Waals surface area contributed by atoms with E-state index in [0.29, 0.717) is 11.8 Å². The monoisotopic (exact) mass is 280 g/mol. The molecule has 0 radical (unpaired) electrons. The highest BCUT2D eigenvalue weighted by atomic mass is 16.5. The Balaban J connectivity index is 2.30. The molecule has 3 unspecified atom stereocenters. The molecule has 0 saturated carbocycles. The summed E-state index contributed by atoms with van der Waals surface area (Å²) in [5.41, 5.74) is 4.04. The molecular weight excluding hydrogens is 256 g/mol. The molecule has 0 spiro atoms. The average Bonchev–Trinajstić information content (AvgIpc) is 2.49. The topological polar surface area (TPSA) is 65.7 Å². The highest BCUT2D eigenvalue weighted by molar-refractivity contribution is 5.40. The molecule has 1 fully saturated rings. The molecule has 5 nitrogen and oxygen atoms in total. The van der Waals surface area contributed by atoms with Gasteiger partial charge >= 0.3 is 0 Å². The number of nitrogens with two attached hydrogens (primary N) is 1. The molecule has 3 atom stereocenters. The summed E-state index contributed by atoms with van der Waals surface area (Å²) in [6, 6.07) is 5.95. The smallest absolute Gasteiger partial charge is 0.122 e. The van der Waals surface area contributed by atoms with Crippen LogP contribution in [-0.4, -0.2) is 27.4 Å². The van der Waals surface area contributed by atoms with E-state index in [1.54, 1.807) is 14.2 Å². The number of hydrogen-bond donors (Lipinski definition) is 2. The maximum absolute atomic E-state index is 5.81. The van der Waals surface area contributed by atoms with Gasteiger partial charge in [-0.05, 0) is 36.0 Å². The summed E-state index contributed by atoms with van der Waals surface area (Å²) in [7, 11) is 3.31. The molecule has 1 aromatic rings. The number of methoxy groups -OCH3 is 2. The van der Waals surface area contributed by atoms with Crippen LogP contribution in [0.4, 0.5) is 0 Å². The average molecular weight is 280 g/mol. The van der Waals surface area contributed by atoms with Crippen LogP contribution in [0.2, 0.25) is 0 Å². The summed E-state index contributed by atoms with van der Waals surface area (Å²) >= 11 is 0. The first-order chi connectivity index (χ1) is 9.69. The fourth-order valence-electron chi connectivity index (χ4n) is 2.87. The van der Waals surface area contributed by atoms with Crippen LogP contribution in [0.15, 0.2) is 18.2 Å². The minimum Gasteiger partial charge on any atom is -0.497 e. The first kappa shape index (κ1) is 15.1. The largest absolute Gasteiger partial charge is 0.497 e. The molecule has 20 heavy (non-hydrogen) atoms. The molecule has 3 N–H and O–H groups in total. The molecule has 1 saturated heterocycles. The van der Waals surface area contributed by atoms with E-state index >= 15 is 0 Å². The van der Waals surface area contributed by atoms with Gasteiger partial charge in [0, 0.05) is 25.3 Å². The van der Waals surface area contributed by atoms with Crippen LogP contribution in [0.5, 0.6) is 11.5 Å². The van der Waals surface area contributed by atoms with Gasteiger partial charge in [0.05, 0.1) is 14.2 Å². The molecule has 1 aliphatic rings. The van der Waals surface area contributed by atoms with Gasteiger partial charge in [0.2, 0.25) is 0 Å². The third-order valence-electron chi connectivity index (χ3n) is 4.05. The predicted octanol–water partition coefficient (Wildman–Crippen LogP) is 1.88. The van der Waals surface area contributed by atoms with E-state index in [4.69, 9.17) is 20.1 Å². The van der Waals surface area contributed by atoms with Crippen LogP contribution in [0.3, 0.4) is 0 Å². The highest BCUT2D eigenvalue weighted by Gasteiger charge is 2.30. The summed E-state index contributed by atoms with van der Waals surface area (Å²) in [6.45, 7) is 3.77. The van der Waals surface area contributed by atoms with Crippen LogP contribution in [-0.2, 0) is 4.74 Å². The van der Waals surface area contributed by atoms with Gasteiger partial charge in [-0.25, -0.2) is 0 Å². The number of hydrazine groups is 1. The van der Waals surface area contributed by atoms with E-state index in [-0.39, 0.29) is 6.04 Å². The zero-order valence-corrected chi connectivity index (χ0v) is 12.4. The molecule has 1 aromatic carbocycles. The zero-order valence-electron chi connectivity index (χ0n) is 12.4. The van der Waals surface area contributed by atoms with Crippen molar-refractivity contribution in [1.82, 2.24) is 5.43 Å². The lowest BCUT2D eigenvalue weighted by Gasteiger charge is -2.35. The quantitative estimate of drug-likeness (QED) is 0.637. The van der Waals surface area contributed by atoms with Gasteiger partial charge in [0.15, 0.2) is 0 Å². The Hall–Kier alpha value is -1.30. The Bertz CT molecular complexity index is 417. The summed E-state index contributed by atoms with van der Waals surface area (Å²) < 4.78 is 16.2. The fraction of sp³-hybridized carbons (Fsp3) is 0.600. The van der Waals surface area contributed by atoms with E-state index in [1.165, 1.54) is 0 Å². The van der Waals surface area contributed by atoms with Crippen LogP contribution < -0.4 is 20.7 Å². The normalized spacial score (nSPS) is 24.2. The van der Waals surface area contributed by atoms with Crippen LogP contribution in [0.1, 0.15) is 24.9 Å². The van der Waals surface area contributed by atoms with Crippen molar-refractivity contribution in [1.29, 1.82) is 0 Å². The molecule has 5 heteroatoms. The third-order valence-corrected chi connectivity index (χ3v) is 4.05. The van der Waals surface area contributed by atoms with E-state index in [2.05, 4.69) is 12.3 Å². The molecule has 1 heterocycles. The van der Waals surface area contributed by atoms with Crippen molar-refractivity contribution in [3.63, 3.8) is 0 Å². The first-order valence-electron chi connectivity index (χ1n) is 6.96. The lowest BCUT2D eigenvalue weighted by Crippen LogP contribution is -2.40. The number of nitrogens with one attached hydrogen (secondary N) is 1. The molecule has 0 amide bonds. The zero-order chi connectivity index (χ0) is 14.5. The van der Waals surface area contributed by atoms with Gasteiger partial charge in [-0.1, -0.05) is 6.92 Å². The van der Waals surface area contributed by atoms with Gasteiger partial charge in [-0.15, -0.1) is 0 Å². The Labute approximate surface area is 120 Å². The second-order valence-corrected chi connectivity index (χ2v) is 5.30. The van der Waals surface area contributed by atoms with Crippen molar-refractivity contribution in [2.24, 2.45) is 17.7 Å². The molecule has 0 aromatic heterocycles.